The third kappa shape index (κ3) is 3.96. The maximum Gasteiger partial charge on any atom is 0.191 e. The van der Waals surface area contributed by atoms with Crippen LogP contribution in [0, 0.1) is 6.92 Å². The Morgan fingerprint density at radius 2 is 1.59 bits per heavy atom. The van der Waals surface area contributed by atoms with Crippen molar-refractivity contribution in [3.63, 3.8) is 0 Å². The number of ketones is 1. The van der Waals surface area contributed by atoms with E-state index < -0.39 is 0 Å². The molecule has 4 rings (SSSR count). The van der Waals surface area contributed by atoms with Crippen LogP contribution in [0.2, 0.25) is 0 Å². The monoisotopic (exact) mass is 358 g/mol. The fourth-order valence-electron chi connectivity index (χ4n) is 4.66. The van der Waals surface area contributed by atoms with Crippen molar-refractivity contribution < 1.29 is 9.28 Å². The summed E-state index contributed by atoms with van der Waals surface area (Å²) in [7, 11) is 0. The van der Waals surface area contributed by atoms with Crippen molar-refractivity contribution in [3.05, 3.63) is 83.4 Å². The Hall–Kier alpha value is -2.45. The second-order valence-electron chi connectivity index (χ2n) is 8.10. The fourth-order valence-corrected chi connectivity index (χ4v) is 4.66. The summed E-state index contributed by atoms with van der Waals surface area (Å²) in [5.74, 6) is 0.368. The number of nitrogens with zero attached hydrogens (tertiary/aromatic N) is 1. The molecule has 0 saturated carbocycles. The minimum Gasteiger partial charge on any atom is -0.314 e. The molecule has 3 aromatic rings. The molecule has 1 saturated heterocycles. The molecule has 1 aliphatic rings. The van der Waals surface area contributed by atoms with Gasteiger partial charge in [-0.2, -0.15) is 0 Å². The van der Waals surface area contributed by atoms with Gasteiger partial charge in [-0.15, -0.1) is 0 Å². The third-order valence-corrected chi connectivity index (χ3v) is 6.04. The topological polar surface area (TPSA) is 17.1 Å². The predicted molar refractivity (Wildman–Crippen MR) is 112 cm³/mol. The summed E-state index contributed by atoms with van der Waals surface area (Å²) in [6, 6.07) is 23.4. The lowest BCUT2D eigenvalue weighted by Gasteiger charge is -2.34. The van der Waals surface area contributed by atoms with Gasteiger partial charge in [0.25, 0.3) is 0 Å². The van der Waals surface area contributed by atoms with E-state index in [1.165, 1.54) is 40.3 Å². The molecule has 0 N–H and O–H groups in total. The molecule has 138 valence electrons. The van der Waals surface area contributed by atoms with Gasteiger partial charge in [-0.1, -0.05) is 66.7 Å². The van der Waals surface area contributed by atoms with Gasteiger partial charge in [0.05, 0.1) is 13.1 Å². The van der Waals surface area contributed by atoms with Crippen LogP contribution in [0.25, 0.3) is 10.8 Å². The maximum absolute atomic E-state index is 13.1. The quantitative estimate of drug-likeness (QED) is 0.562. The number of aryl methyl sites for hydroxylation is 1. The van der Waals surface area contributed by atoms with Crippen LogP contribution in [0.4, 0.5) is 0 Å². The van der Waals surface area contributed by atoms with Crippen molar-refractivity contribution in [2.75, 3.05) is 19.6 Å². The highest BCUT2D eigenvalue weighted by Gasteiger charge is 2.34. The molecule has 0 amide bonds. The normalized spacial score (nSPS) is 15.9. The van der Waals surface area contributed by atoms with Gasteiger partial charge in [0.15, 0.2) is 5.78 Å². The molecular formula is C25H28NO+. The summed E-state index contributed by atoms with van der Waals surface area (Å²) in [5, 5.41) is 2.45. The minimum atomic E-state index is 0.368. The second-order valence-corrected chi connectivity index (χ2v) is 8.10. The van der Waals surface area contributed by atoms with E-state index in [1.807, 2.05) is 0 Å². The summed E-state index contributed by atoms with van der Waals surface area (Å²) in [5.41, 5.74) is 3.77. The first-order chi connectivity index (χ1) is 13.2. The number of benzene rings is 3. The van der Waals surface area contributed by atoms with Crippen LogP contribution in [0.5, 0.6) is 0 Å². The lowest BCUT2D eigenvalue weighted by atomic mass is 9.95. The summed E-state index contributed by atoms with van der Waals surface area (Å²) in [6.07, 6.45) is 3.00. The van der Waals surface area contributed by atoms with E-state index in [0.29, 0.717) is 18.7 Å². The molecule has 0 atom stereocenters. The smallest absolute Gasteiger partial charge is 0.191 e. The van der Waals surface area contributed by atoms with Crippen molar-refractivity contribution in [1.29, 1.82) is 0 Å². The summed E-state index contributed by atoms with van der Waals surface area (Å²) < 4.78 is 0.923. The van der Waals surface area contributed by atoms with Crippen LogP contribution in [0.15, 0.2) is 66.7 Å². The maximum atomic E-state index is 13.1. The van der Waals surface area contributed by atoms with Crippen molar-refractivity contribution in [2.24, 2.45) is 0 Å². The molecule has 0 aliphatic carbocycles. The Morgan fingerprint density at radius 1 is 0.889 bits per heavy atom. The molecule has 0 spiro atoms. The largest absolute Gasteiger partial charge is 0.314 e. The zero-order valence-electron chi connectivity index (χ0n) is 16.2. The summed E-state index contributed by atoms with van der Waals surface area (Å²) in [4.78, 5) is 13.1. The molecule has 1 aliphatic heterocycles. The standard InChI is InChI=1S/C25H28NO/c1-20-13-14-22-11-5-6-12-24(22)25(20)17-23(27)19-26(15-7-8-16-26)18-21-9-3-2-4-10-21/h2-6,9-14H,7-8,15-19H2,1H3/q+1. The van der Waals surface area contributed by atoms with Gasteiger partial charge in [-0.3, -0.25) is 4.79 Å². The Labute approximate surface area is 162 Å². The van der Waals surface area contributed by atoms with E-state index in [1.54, 1.807) is 0 Å². The number of carbonyl (C=O) groups is 1. The predicted octanol–water partition coefficient (Wildman–Crippen LogP) is 5.07. The highest BCUT2D eigenvalue weighted by atomic mass is 16.1. The number of quaternary nitrogens is 1. The molecule has 3 aromatic carbocycles. The number of carbonyl (C=O) groups excluding carboxylic acids is 1. The van der Waals surface area contributed by atoms with Crippen molar-refractivity contribution >= 4 is 16.6 Å². The molecule has 2 nitrogen and oxygen atoms in total. The van der Waals surface area contributed by atoms with E-state index in [0.717, 1.165) is 24.1 Å². The van der Waals surface area contributed by atoms with Crippen LogP contribution < -0.4 is 0 Å². The lowest BCUT2D eigenvalue weighted by molar-refractivity contribution is -0.922. The van der Waals surface area contributed by atoms with E-state index in [-0.39, 0.29) is 0 Å². The number of rotatable bonds is 6. The first-order valence-corrected chi connectivity index (χ1v) is 10.0. The van der Waals surface area contributed by atoms with Crippen molar-refractivity contribution in [3.8, 4) is 0 Å². The zero-order chi connectivity index (χ0) is 18.7. The van der Waals surface area contributed by atoms with Crippen LogP contribution in [0.1, 0.15) is 29.5 Å². The number of likely N-dealkylation sites (tertiary alicyclic amines) is 1. The van der Waals surface area contributed by atoms with Gasteiger partial charge in [-0.25, -0.2) is 0 Å². The van der Waals surface area contributed by atoms with Crippen molar-refractivity contribution in [2.45, 2.75) is 32.7 Å². The van der Waals surface area contributed by atoms with Gasteiger partial charge in [0.2, 0.25) is 0 Å². The SMILES string of the molecule is Cc1ccc2ccccc2c1CC(=O)C[N+]1(Cc2ccccc2)CCCC1. The minimum absolute atomic E-state index is 0.368. The Balaban J connectivity index is 1.55. The average molecular weight is 359 g/mol. The number of hydrogen-bond acceptors (Lipinski definition) is 1. The van der Waals surface area contributed by atoms with E-state index >= 15 is 0 Å². The molecule has 27 heavy (non-hydrogen) atoms. The van der Waals surface area contributed by atoms with Crippen LogP contribution in [0.3, 0.4) is 0 Å². The molecule has 1 fully saturated rings. The van der Waals surface area contributed by atoms with Gasteiger partial charge in [-0.05, 0) is 28.8 Å². The Morgan fingerprint density at radius 3 is 2.37 bits per heavy atom. The van der Waals surface area contributed by atoms with Crippen LogP contribution in [-0.2, 0) is 17.8 Å². The average Bonchev–Trinajstić information content (AvgIpc) is 3.12. The number of fused-ring (bicyclic) bond motifs is 1. The Kier molecular flexibility index (Phi) is 5.09. The Bertz CT molecular complexity index is 939. The lowest BCUT2D eigenvalue weighted by Crippen LogP contribution is -2.48. The van der Waals surface area contributed by atoms with Crippen molar-refractivity contribution in [1.82, 2.24) is 0 Å². The molecule has 0 radical (unpaired) electrons. The van der Waals surface area contributed by atoms with Crippen LogP contribution >= 0.6 is 0 Å². The highest BCUT2D eigenvalue weighted by molar-refractivity contribution is 5.92. The molecule has 2 heteroatoms. The number of hydrogen-bond donors (Lipinski definition) is 0. The fraction of sp³-hybridized carbons (Fsp3) is 0.320. The summed E-state index contributed by atoms with van der Waals surface area (Å²) >= 11 is 0. The van der Waals surface area contributed by atoms with Crippen LogP contribution in [-0.4, -0.2) is 29.9 Å². The molecule has 0 aromatic heterocycles. The second kappa shape index (κ2) is 7.66. The highest BCUT2D eigenvalue weighted by Crippen LogP contribution is 2.26. The van der Waals surface area contributed by atoms with Gasteiger partial charge < -0.3 is 4.48 Å². The molecule has 1 heterocycles. The first-order valence-electron chi connectivity index (χ1n) is 10.0. The molecular weight excluding hydrogens is 330 g/mol. The number of Topliss-reactive ketones (excluding diaryl/α,β-unsaturated/α-hetero) is 1. The van der Waals surface area contributed by atoms with Gasteiger partial charge in [0.1, 0.15) is 13.1 Å². The molecule has 0 unspecified atom stereocenters. The summed E-state index contributed by atoms with van der Waals surface area (Å²) in [6.45, 7) is 5.99. The van der Waals surface area contributed by atoms with E-state index in [4.69, 9.17) is 0 Å². The third-order valence-electron chi connectivity index (χ3n) is 6.04. The van der Waals surface area contributed by atoms with E-state index in [2.05, 4.69) is 73.7 Å². The zero-order valence-corrected chi connectivity index (χ0v) is 16.2. The van der Waals surface area contributed by atoms with Gasteiger partial charge in [0, 0.05) is 24.8 Å². The first kappa shape index (κ1) is 17.9. The van der Waals surface area contributed by atoms with Gasteiger partial charge >= 0.3 is 0 Å². The molecule has 0 bridgehead atoms. The van der Waals surface area contributed by atoms with E-state index in [9.17, 15) is 4.79 Å².